The molecule has 0 fully saturated rings. The van der Waals surface area contributed by atoms with Gasteiger partial charge in [-0.05, 0) is 36.2 Å². The van der Waals surface area contributed by atoms with E-state index in [9.17, 15) is 19.8 Å². The minimum Gasteiger partial charge on any atom is -0.548 e. The summed E-state index contributed by atoms with van der Waals surface area (Å²) in [5, 5.41) is 22.8. The van der Waals surface area contributed by atoms with Gasteiger partial charge in [0, 0.05) is 5.56 Å². The minimum absolute atomic E-state index is 0.0845. The molecular weight excluding hydrogens is 270 g/mol. The molecular formula is C16H14NO4-. The van der Waals surface area contributed by atoms with Crippen molar-refractivity contribution in [2.75, 3.05) is 0 Å². The largest absolute Gasteiger partial charge is 0.548 e. The van der Waals surface area contributed by atoms with Gasteiger partial charge in [-0.3, -0.25) is 4.79 Å². The summed E-state index contributed by atoms with van der Waals surface area (Å²) in [4.78, 5) is 23.1. The number of hydrogen-bond acceptors (Lipinski definition) is 4. The standard InChI is InChI=1S/C16H15NO4/c18-13-8-6-11(7-9-13)10-14(16(20)21)17-15(19)12-4-2-1-3-5-12/h1-9,14,18H,10H2,(H,17,19)(H,20,21)/p-1/t14-/m1/s1. The molecule has 0 radical (unpaired) electrons. The van der Waals surface area contributed by atoms with E-state index < -0.39 is 17.9 Å². The highest BCUT2D eigenvalue weighted by molar-refractivity contribution is 5.96. The number of carbonyl (C=O) groups is 2. The lowest BCUT2D eigenvalue weighted by atomic mass is 10.1. The predicted molar refractivity (Wildman–Crippen MR) is 74.5 cm³/mol. The molecule has 5 heteroatoms. The molecule has 0 saturated carbocycles. The van der Waals surface area contributed by atoms with Crippen LogP contribution >= 0.6 is 0 Å². The average Bonchev–Trinajstić information content (AvgIpc) is 2.49. The van der Waals surface area contributed by atoms with Crippen molar-refractivity contribution in [1.82, 2.24) is 5.32 Å². The first-order chi connectivity index (χ1) is 10.1. The van der Waals surface area contributed by atoms with Gasteiger partial charge in [0.2, 0.25) is 0 Å². The maximum atomic E-state index is 12.0. The monoisotopic (exact) mass is 284 g/mol. The summed E-state index contributed by atoms with van der Waals surface area (Å²) in [6.07, 6.45) is 0.0845. The Morgan fingerprint density at radius 2 is 1.67 bits per heavy atom. The van der Waals surface area contributed by atoms with Crippen LogP contribution in [0.5, 0.6) is 5.75 Å². The molecule has 0 aromatic heterocycles. The molecule has 2 aromatic carbocycles. The lowest BCUT2D eigenvalue weighted by Gasteiger charge is -2.20. The van der Waals surface area contributed by atoms with Crippen molar-refractivity contribution in [3.63, 3.8) is 0 Å². The topological polar surface area (TPSA) is 89.5 Å². The van der Waals surface area contributed by atoms with Crippen molar-refractivity contribution in [2.24, 2.45) is 0 Å². The highest BCUT2D eigenvalue weighted by Gasteiger charge is 2.15. The van der Waals surface area contributed by atoms with Gasteiger partial charge in [0.25, 0.3) is 5.91 Å². The Balaban J connectivity index is 2.07. The van der Waals surface area contributed by atoms with Gasteiger partial charge in [0.15, 0.2) is 0 Å². The molecule has 0 aliphatic carbocycles. The summed E-state index contributed by atoms with van der Waals surface area (Å²) in [6.45, 7) is 0. The third-order valence-corrected chi connectivity index (χ3v) is 3.00. The van der Waals surface area contributed by atoms with Gasteiger partial charge in [0.1, 0.15) is 5.75 Å². The number of carboxylic acids is 1. The number of phenols is 1. The van der Waals surface area contributed by atoms with E-state index in [0.717, 1.165) is 0 Å². The van der Waals surface area contributed by atoms with Gasteiger partial charge in [0.05, 0.1) is 12.0 Å². The SMILES string of the molecule is O=C(N[C@H](Cc1ccc(O)cc1)C(=O)[O-])c1ccccc1. The maximum absolute atomic E-state index is 12.0. The van der Waals surface area contributed by atoms with E-state index in [1.165, 1.54) is 12.1 Å². The van der Waals surface area contributed by atoms with Gasteiger partial charge in [-0.15, -0.1) is 0 Å². The van der Waals surface area contributed by atoms with Crippen molar-refractivity contribution < 1.29 is 19.8 Å². The summed E-state index contributed by atoms with van der Waals surface area (Å²) in [5.74, 6) is -1.73. The number of amides is 1. The summed E-state index contributed by atoms with van der Waals surface area (Å²) in [7, 11) is 0. The molecule has 1 amide bonds. The first-order valence-electron chi connectivity index (χ1n) is 6.41. The Bertz CT molecular complexity index is 622. The highest BCUT2D eigenvalue weighted by Crippen LogP contribution is 2.11. The zero-order valence-corrected chi connectivity index (χ0v) is 11.2. The van der Waals surface area contributed by atoms with Crippen LogP contribution in [0.1, 0.15) is 15.9 Å². The van der Waals surface area contributed by atoms with Crippen molar-refractivity contribution >= 4 is 11.9 Å². The molecule has 0 saturated heterocycles. The maximum Gasteiger partial charge on any atom is 0.251 e. The average molecular weight is 284 g/mol. The lowest BCUT2D eigenvalue weighted by molar-refractivity contribution is -0.308. The van der Waals surface area contributed by atoms with Gasteiger partial charge < -0.3 is 20.3 Å². The minimum atomic E-state index is -1.35. The number of aliphatic carboxylic acids is 1. The zero-order chi connectivity index (χ0) is 15.2. The van der Waals surface area contributed by atoms with Crippen LogP contribution in [0.4, 0.5) is 0 Å². The molecule has 2 N–H and O–H groups in total. The number of nitrogens with one attached hydrogen (secondary N) is 1. The Kier molecular flexibility index (Phi) is 4.56. The van der Waals surface area contributed by atoms with Crippen LogP contribution in [0.15, 0.2) is 54.6 Å². The normalized spacial score (nSPS) is 11.6. The van der Waals surface area contributed by atoms with Crippen LogP contribution in [0.2, 0.25) is 0 Å². The van der Waals surface area contributed by atoms with Crippen molar-refractivity contribution in [3.8, 4) is 5.75 Å². The molecule has 0 bridgehead atoms. The molecule has 0 aliphatic rings. The fourth-order valence-corrected chi connectivity index (χ4v) is 1.89. The molecule has 0 aliphatic heterocycles. The second-order valence-corrected chi connectivity index (χ2v) is 4.58. The summed E-state index contributed by atoms with van der Waals surface area (Å²) < 4.78 is 0. The fraction of sp³-hybridized carbons (Fsp3) is 0.125. The third-order valence-electron chi connectivity index (χ3n) is 3.00. The molecule has 0 heterocycles. The van der Waals surface area contributed by atoms with Crippen LogP contribution in [0.3, 0.4) is 0 Å². The molecule has 1 atom stereocenters. The molecule has 5 nitrogen and oxygen atoms in total. The first kappa shape index (κ1) is 14.6. The Morgan fingerprint density at radius 1 is 1.05 bits per heavy atom. The van der Waals surface area contributed by atoms with E-state index in [4.69, 9.17) is 0 Å². The smallest absolute Gasteiger partial charge is 0.251 e. The highest BCUT2D eigenvalue weighted by atomic mass is 16.4. The Labute approximate surface area is 121 Å². The Morgan fingerprint density at radius 3 is 2.24 bits per heavy atom. The summed E-state index contributed by atoms with van der Waals surface area (Å²) in [6, 6.07) is 13.3. The van der Waals surface area contributed by atoms with Crippen LogP contribution in [-0.4, -0.2) is 23.0 Å². The molecule has 21 heavy (non-hydrogen) atoms. The van der Waals surface area contributed by atoms with E-state index in [2.05, 4.69) is 5.32 Å². The van der Waals surface area contributed by atoms with Crippen LogP contribution in [-0.2, 0) is 11.2 Å². The number of carboxylic acid groups (broad SMARTS) is 1. The first-order valence-corrected chi connectivity index (χ1v) is 6.41. The summed E-state index contributed by atoms with van der Waals surface area (Å²) in [5.41, 5.74) is 1.06. The van der Waals surface area contributed by atoms with Gasteiger partial charge in [-0.1, -0.05) is 30.3 Å². The Hall–Kier alpha value is -2.82. The lowest BCUT2D eigenvalue weighted by Crippen LogP contribution is -2.49. The second kappa shape index (κ2) is 6.56. The number of carbonyl (C=O) groups excluding carboxylic acids is 2. The molecule has 0 spiro atoms. The quantitative estimate of drug-likeness (QED) is 0.836. The molecule has 2 rings (SSSR count). The zero-order valence-electron chi connectivity index (χ0n) is 11.2. The van der Waals surface area contributed by atoms with Crippen molar-refractivity contribution in [2.45, 2.75) is 12.5 Å². The van der Waals surface area contributed by atoms with E-state index in [0.29, 0.717) is 11.1 Å². The number of aromatic hydroxyl groups is 1. The van der Waals surface area contributed by atoms with E-state index in [1.54, 1.807) is 42.5 Å². The van der Waals surface area contributed by atoms with Crippen LogP contribution < -0.4 is 10.4 Å². The summed E-state index contributed by atoms with van der Waals surface area (Å²) >= 11 is 0. The van der Waals surface area contributed by atoms with Crippen LogP contribution in [0.25, 0.3) is 0 Å². The van der Waals surface area contributed by atoms with Crippen molar-refractivity contribution in [3.05, 3.63) is 65.7 Å². The predicted octanol–water partition coefficient (Wildman–Crippen LogP) is 0.483. The number of benzene rings is 2. The fourth-order valence-electron chi connectivity index (χ4n) is 1.89. The van der Waals surface area contributed by atoms with Crippen molar-refractivity contribution in [1.29, 1.82) is 0 Å². The molecule has 108 valence electrons. The van der Waals surface area contributed by atoms with Gasteiger partial charge in [-0.25, -0.2) is 0 Å². The van der Waals surface area contributed by atoms with Crippen LogP contribution in [0, 0.1) is 0 Å². The van der Waals surface area contributed by atoms with Gasteiger partial charge in [-0.2, -0.15) is 0 Å². The van der Waals surface area contributed by atoms with Gasteiger partial charge >= 0.3 is 0 Å². The molecule has 0 unspecified atom stereocenters. The molecule has 2 aromatic rings. The van der Waals surface area contributed by atoms with E-state index in [1.807, 2.05) is 0 Å². The number of phenolic OH excluding ortho intramolecular Hbond substituents is 1. The second-order valence-electron chi connectivity index (χ2n) is 4.58. The number of rotatable bonds is 5. The third kappa shape index (κ3) is 4.07. The van der Waals surface area contributed by atoms with E-state index in [-0.39, 0.29) is 12.2 Å². The van der Waals surface area contributed by atoms with E-state index >= 15 is 0 Å². The number of hydrogen-bond donors (Lipinski definition) is 2.